The van der Waals surface area contributed by atoms with E-state index in [1.54, 1.807) is 7.11 Å². The van der Waals surface area contributed by atoms with Gasteiger partial charge in [-0.3, -0.25) is 9.89 Å². The summed E-state index contributed by atoms with van der Waals surface area (Å²) >= 11 is 1.35. The highest BCUT2D eigenvalue weighted by atomic mass is 32.2. The van der Waals surface area contributed by atoms with Crippen molar-refractivity contribution in [1.29, 1.82) is 0 Å². The van der Waals surface area contributed by atoms with Crippen molar-refractivity contribution >= 4 is 28.4 Å². The van der Waals surface area contributed by atoms with E-state index in [2.05, 4.69) is 20.2 Å². The van der Waals surface area contributed by atoms with Crippen LogP contribution in [0.2, 0.25) is 0 Å². The Morgan fingerprint density at radius 2 is 1.89 bits per heavy atom. The molecule has 0 spiro atoms. The van der Waals surface area contributed by atoms with Crippen LogP contribution in [0, 0.1) is 6.92 Å². The van der Waals surface area contributed by atoms with Crippen LogP contribution in [0.1, 0.15) is 23.0 Å². The first-order valence-corrected chi connectivity index (χ1v) is 9.80. The summed E-state index contributed by atoms with van der Waals surface area (Å²) in [4.78, 5) is 20.9. The molecule has 7 heteroatoms. The first kappa shape index (κ1) is 18.3. The van der Waals surface area contributed by atoms with Crippen LogP contribution < -0.4 is 4.74 Å². The predicted octanol–water partition coefficient (Wildman–Crippen LogP) is 4.63. The molecule has 0 aliphatic carbocycles. The van der Waals surface area contributed by atoms with Crippen LogP contribution in [-0.2, 0) is 0 Å². The van der Waals surface area contributed by atoms with Crippen LogP contribution in [0.25, 0.3) is 22.3 Å². The molecule has 0 aliphatic rings. The van der Waals surface area contributed by atoms with E-state index in [1.165, 1.54) is 11.8 Å². The summed E-state index contributed by atoms with van der Waals surface area (Å²) in [5.41, 5.74) is 3.50. The number of ketones is 1. The summed E-state index contributed by atoms with van der Waals surface area (Å²) in [6, 6.07) is 15.4. The molecule has 1 atom stereocenters. The molecule has 0 aliphatic heterocycles. The van der Waals surface area contributed by atoms with Crippen molar-refractivity contribution < 1.29 is 9.53 Å². The highest BCUT2D eigenvalue weighted by molar-refractivity contribution is 8.00. The highest BCUT2D eigenvalue weighted by Crippen LogP contribution is 2.29. The zero-order valence-corrected chi connectivity index (χ0v) is 16.6. The molecule has 28 heavy (non-hydrogen) atoms. The van der Waals surface area contributed by atoms with E-state index in [-0.39, 0.29) is 11.0 Å². The fourth-order valence-electron chi connectivity index (χ4n) is 3.19. The molecule has 2 aromatic carbocycles. The van der Waals surface area contributed by atoms with Crippen LogP contribution in [0.3, 0.4) is 0 Å². The molecular weight excluding hydrogens is 372 g/mol. The normalized spacial score (nSPS) is 12.2. The number of aromatic amines is 2. The third-order valence-corrected chi connectivity index (χ3v) is 5.58. The van der Waals surface area contributed by atoms with E-state index in [0.717, 1.165) is 33.5 Å². The minimum atomic E-state index is -0.308. The van der Waals surface area contributed by atoms with E-state index < -0.39 is 0 Å². The molecule has 142 valence electrons. The van der Waals surface area contributed by atoms with Gasteiger partial charge in [0, 0.05) is 27.7 Å². The third-order valence-electron chi connectivity index (χ3n) is 4.62. The number of methoxy groups -OCH3 is 1. The lowest BCUT2D eigenvalue weighted by atomic mass is 10.1. The van der Waals surface area contributed by atoms with Gasteiger partial charge in [0.25, 0.3) is 0 Å². The number of para-hydroxylation sites is 1. The Bertz CT molecular complexity index is 1130. The Balaban J connectivity index is 1.53. The third kappa shape index (κ3) is 3.41. The predicted molar refractivity (Wildman–Crippen MR) is 111 cm³/mol. The molecule has 2 heterocycles. The molecule has 0 bridgehead atoms. The molecule has 0 radical (unpaired) electrons. The highest BCUT2D eigenvalue weighted by Gasteiger charge is 2.23. The van der Waals surface area contributed by atoms with Gasteiger partial charge < -0.3 is 9.72 Å². The second-order valence-corrected chi connectivity index (χ2v) is 7.80. The first-order valence-electron chi connectivity index (χ1n) is 8.92. The second-order valence-electron chi connectivity index (χ2n) is 6.49. The van der Waals surface area contributed by atoms with Crippen molar-refractivity contribution in [3.05, 3.63) is 59.8 Å². The molecule has 0 saturated carbocycles. The first-order chi connectivity index (χ1) is 13.6. The minimum Gasteiger partial charge on any atom is -0.497 e. The second kappa shape index (κ2) is 7.52. The van der Waals surface area contributed by atoms with Gasteiger partial charge in [-0.2, -0.15) is 0 Å². The summed E-state index contributed by atoms with van der Waals surface area (Å²) in [5.74, 6) is 1.51. The van der Waals surface area contributed by atoms with Gasteiger partial charge in [-0.05, 0) is 44.2 Å². The number of hydrogen-bond donors (Lipinski definition) is 2. The van der Waals surface area contributed by atoms with Gasteiger partial charge in [-0.25, -0.2) is 4.98 Å². The summed E-state index contributed by atoms with van der Waals surface area (Å²) in [6.45, 7) is 3.82. The molecule has 2 aromatic heterocycles. The molecule has 6 nitrogen and oxygen atoms in total. The van der Waals surface area contributed by atoms with Crippen molar-refractivity contribution in [3.63, 3.8) is 0 Å². The number of ether oxygens (including phenoxy) is 1. The molecule has 0 amide bonds. The van der Waals surface area contributed by atoms with Crippen molar-refractivity contribution in [1.82, 2.24) is 20.2 Å². The number of fused-ring (bicyclic) bond motifs is 1. The van der Waals surface area contributed by atoms with Gasteiger partial charge in [0.1, 0.15) is 5.75 Å². The Morgan fingerprint density at radius 1 is 1.14 bits per heavy atom. The Kier molecular flexibility index (Phi) is 4.92. The van der Waals surface area contributed by atoms with Crippen LogP contribution in [0.5, 0.6) is 5.75 Å². The largest absolute Gasteiger partial charge is 0.497 e. The van der Waals surface area contributed by atoms with Crippen LogP contribution in [0.15, 0.2) is 53.7 Å². The summed E-state index contributed by atoms with van der Waals surface area (Å²) in [6.07, 6.45) is 0. The van der Waals surface area contributed by atoms with E-state index in [9.17, 15) is 4.79 Å². The lowest BCUT2D eigenvalue weighted by Gasteiger charge is -2.08. The Morgan fingerprint density at radius 3 is 2.64 bits per heavy atom. The van der Waals surface area contributed by atoms with Crippen molar-refractivity contribution in [2.75, 3.05) is 7.11 Å². The smallest absolute Gasteiger partial charge is 0.209 e. The van der Waals surface area contributed by atoms with Gasteiger partial charge in [-0.1, -0.05) is 30.0 Å². The number of Topliss-reactive ketones (excluding diaryl/α,β-unsaturated/α-hetero) is 1. The van der Waals surface area contributed by atoms with Crippen molar-refractivity contribution in [3.8, 4) is 17.1 Å². The number of aromatic nitrogens is 4. The Hall–Kier alpha value is -3.06. The van der Waals surface area contributed by atoms with Gasteiger partial charge in [0.05, 0.1) is 12.4 Å². The quantitative estimate of drug-likeness (QED) is 0.369. The number of rotatable bonds is 6. The van der Waals surface area contributed by atoms with Crippen molar-refractivity contribution in [2.45, 2.75) is 24.3 Å². The number of hydrogen-bond acceptors (Lipinski definition) is 5. The number of benzene rings is 2. The maximum atomic E-state index is 13.1. The van der Waals surface area contributed by atoms with Gasteiger partial charge in [-0.15, -0.1) is 5.10 Å². The Labute approximate surface area is 166 Å². The number of thioether (sulfide) groups is 1. The molecule has 0 saturated heterocycles. The molecule has 4 rings (SSSR count). The van der Waals surface area contributed by atoms with Crippen LogP contribution in [-0.4, -0.2) is 38.3 Å². The number of H-pyrrole nitrogens is 2. The fraction of sp³-hybridized carbons (Fsp3) is 0.190. The summed E-state index contributed by atoms with van der Waals surface area (Å²) in [7, 11) is 1.63. The molecule has 2 N–H and O–H groups in total. The number of nitrogens with zero attached hydrogens (tertiary/aromatic N) is 2. The SMILES string of the molecule is COc1ccc(-c2nc(SC(C)C(=O)c3c(C)[nH]c4ccccc34)n[nH]2)cc1. The van der Waals surface area contributed by atoms with E-state index in [0.29, 0.717) is 11.0 Å². The number of nitrogens with one attached hydrogen (secondary N) is 2. The maximum absolute atomic E-state index is 13.1. The van der Waals surface area contributed by atoms with Gasteiger partial charge >= 0.3 is 0 Å². The lowest BCUT2D eigenvalue weighted by molar-refractivity contribution is 0.0995. The summed E-state index contributed by atoms with van der Waals surface area (Å²) < 4.78 is 5.17. The van der Waals surface area contributed by atoms with Gasteiger partial charge in [0.15, 0.2) is 11.6 Å². The molecule has 0 fully saturated rings. The van der Waals surface area contributed by atoms with E-state index in [4.69, 9.17) is 4.74 Å². The average Bonchev–Trinajstić information content (AvgIpc) is 3.31. The number of aryl methyl sites for hydroxylation is 1. The fourth-order valence-corrected chi connectivity index (χ4v) is 3.97. The molecule has 1 unspecified atom stereocenters. The number of carbonyl (C=O) groups excluding carboxylic acids is 1. The average molecular weight is 392 g/mol. The minimum absolute atomic E-state index is 0.0655. The lowest BCUT2D eigenvalue weighted by Crippen LogP contribution is -2.14. The zero-order chi connectivity index (χ0) is 19.7. The van der Waals surface area contributed by atoms with Crippen LogP contribution >= 0.6 is 11.8 Å². The monoisotopic (exact) mass is 392 g/mol. The number of carbonyl (C=O) groups is 1. The van der Waals surface area contributed by atoms with Crippen LogP contribution in [0.4, 0.5) is 0 Å². The molecule has 4 aromatic rings. The molecular formula is C21H20N4O2S. The van der Waals surface area contributed by atoms with E-state index >= 15 is 0 Å². The summed E-state index contributed by atoms with van der Waals surface area (Å²) in [5, 5.41) is 8.39. The maximum Gasteiger partial charge on any atom is 0.209 e. The zero-order valence-electron chi connectivity index (χ0n) is 15.8. The van der Waals surface area contributed by atoms with Crippen molar-refractivity contribution in [2.24, 2.45) is 0 Å². The standard InChI is InChI=1S/C21H20N4O2S/c1-12-18(16-6-4-5-7-17(16)22-12)19(26)13(2)28-21-23-20(24-25-21)14-8-10-15(27-3)11-9-14/h4-11,13,22H,1-3H3,(H,23,24,25). The topological polar surface area (TPSA) is 83.7 Å². The van der Waals surface area contributed by atoms with E-state index in [1.807, 2.05) is 62.4 Å². The van der Waals surface area contributed by atoms with Gasteiger partial charge in [0.2, 0.25) is 5.16 Å².